The van der Waals surface area contributed by atoms with E-state index < -0.39 is 0 Å². The number of carbonyl (C=O) groups is 2. The van der Waals surface area contributed by atoms with Crippen LogP contribution < -0.4 is 5.32 Å². The lowest BCUT2D eigenvalue weighted by atomic mass is 10.1. The summed E-state index contributed by atoms with van der Waals surface area (Å²) in [6.07, 6.45) is 4.37. The highest BCUT2D eigenvalue weighted by molar-refractivity contribution is 5.93. The lowest BCUT2D eigenvalue weighted by molar-refractivity contribution is -0.127. The van der Waals surface area contributed by atoms with Crippen LogP contribution in [0, 0.1) is 13.8 Å². The standard InChI is InChI=1S/C28H33N5O2/c1-4-23-10-8-9-13-26(23)29-27(34)20-31-16-18-32(19-17-31)28(35)15-14-25-21(2)30-33(22(25)3)24-11-6-5-7-12-24/h5-15H,4,16-20H2,1-3H3,(H,29,34)/b15-14+. The topological polar surface area (TPSA) is 70.5 Å². The number of para-hydroxylation sites is 2. The van der Waals surface area contributed by atoms with Crippen molar-refractivity contribution >= 4 is 23.6 Å². The minimum atomic E-state index is -0.0213. The maximum Gasteiger partial charge on any atom is 0.246 e. The molecule has 0 unspecified atom stereocenters. The average Bonchev–Trinajstić information content (AvgIpc) is 3.16. The van der Waals surface area contributed by atoms with Crippen LogP contribution in [0.2, 0.25) is 0 Å². The fourth-order valence-electron chi connectivity index (χ4n) is 4.45. The van der Waals surface area contributed by atoms with E-state index in [1.807, 2.05) is 84.1 Å². The van der Waals surface area contributed by atoms with Gasteiger partial charge in [-0.05, 0) is 50.1 Å². The van der Waals surface area contributed by atoms with Crippen molar-refractivity contribution in [3.8, 4) is 5.69 Å². The smallest absolute Gasteiger partial charge is 0.246 e. The molecule has 0 radical (unpaired) electrons. The number of anilines is 1. The molecule has 0 atom stereocenters. The van der Waals surface area contributed by atoms with Crippen molar-refractivity contribution < 1.29 is 9.59 Å². The van der Waals surface area contributed by atoms with Crippen LogP contribution in [0.5, 0.6) is 0 Å². The van der Waals surface area contributed by atoms with E-state index in [0.29, 0.717) is 32.7 Å². The fraction of sp³-hybridized carbons (Fsp3) is 0.321. The quantitative estimate of drug-likeness (QED) is 0.532. The zero-order valence-corrected chi connectivity index (χ0v) is 20.7. The van der Waals surface area contributed by atoms with Crippen molar-refractivity contribution in [3.05, 3.63) is 83.2 Å². The first-order valence-corrected chi connectivity index (χ1v) is 12.1. The van der Waals surface area contributed by atoms with Crippen molar-refractivity contribution in [2.24, 2.45) is 0 Å². The van der Waals surface area contributed by atoms with Gasteiger partial charge in [0, 0.05) is 49.2 Å². The predicted molar refractivity (Wildman–Crippen MR) is 140 cm³/mol. The number of nitrogens with zero attached hydrogens (tertiary/aromatic N) is 4. The number of carbonyl (C=O) groups excluding carboxylic acids is 2. The number of hydrogen-bond donors (Lipinski definition) is 1. The Balaban J connectivity index is 1.30. The summed E-state index contributed by atoms with van der Waals surface area (Å²) in [4.78, 5) is 29.3. The zero-order valence-electron chi connectivity index (χ0n) is 20.7. The molecule has 2 aromatic carbocycles. The Hall–Kier alpha value is -3.71. The molecule has 1 fully saturated rings. The number of amides is 2. The maximum absolute atomic E-state index is 12.8. The second-order valence-electron chi connectivity index (χ2n) is 8.83. The fourth-order valence-corrected chi connectivity index (χ4v) is 4.45. The Morgan fingerprint density at radius 2 is 1.66 bits per heavy atom. The summed E-state index contributed by atoms with van der Waals surface area (Å²) in [5.41, 5.74) is 5.85. The molecule has 4 rings (SSSR count). The first-order valence-electron chi connectivity index (χ1n) is 12.1. The third kappa shape index (κ3) is 5.87. The molecule has 1 aliphatic heterocycles. The van der Waals surface area contributed by atoms with Crippen LogP contribution in [0.3, 0.4) is 0 Å². The maximum atomic E-state index is 12.8. The summed E-state index contributed by atoms with van der Waals surface area (Å²) < 4.78 is 1.90. The summed E-state index contributed by atoms with van der Waals surface area (Å²) in [6, 6.07) is 17.9. The van der Waals surface area contributed by atoms with Gasteiger partial charge >= 0.3 is 0 Å². The van der Waals surface area contributed by atoms with Crippen molar-refractivity contribution in [2.45, 2.75) is 27.2 Å². The molecular weight excluding hydrogens is 438 g/mol. The van der Waals surface area contributed by atoms with Gasteiger partial charge in [-0.2, -0.15) is 5.10 Å². The van der Waals surface area contributed by atoms with Gasteiger partial charge in [-0.25, -0.2) is 4.68 Å². The largest absolute Gasteiger partial charge is 0.337 e. The summed E-state index contributed by atoms with van der Waals surface area (Å²) >= 11 is 0. The number of nitrogens with one attached hydrogen (secondary N) is 1. The molecule has 182 valence electrons. The van der Waals surface area contributed by atoms with Gasteiger partial charge in [-0.3, -0.25) is 14.5 Å². The van der Waals surface area contributed by atoms with Gasteiger partial charge in [0.2, 0.25) is 11.8 Å². The third-order valence-corrected chi connectivity index (χ3v) is 6.46. The summed E-state index contributed by atoms with van der Waals surface area (Å²) in [6.45, 7) is 8.92. The molecule has 1 aromatic heterocycles. The van der Waals surface area contributed by atoms with Crippen LogP contribution >= 0.6 is 0 Å². The van der Waals surface area contributed by atoms with E-state index in [4.69, 9.17) is 0 Å². The van der Waals surface area contributed by atoms with Crippen LogP contribution in [0.25, 0.3) is 11.8 Å². The number of piperazine rings is 1. The van der Waals surface area contributed by atoms with E-state index in [0.717, 1.165) is 40.3 Å². The van der Waals surface area contributed by atoms with Gasteiger partial charge in [-0.15, -0.1) is 0 Å². The Morgan fingerprint density at radius 3 is 2.37 bits per heavy atom. The van der Waals surface area contributed by atoms with Crippen LogP contribution in [0.1, 0.15) is 29.4 Å². The second kappa shape index (κ2) is 11.1. The molecule has 0 spiro atoms. The van der Waals surface area contributed by atoms with Gasteiger partial charge in [-0.1, -0.05) is 43.3 Å². The molecule has 0 saturated carbocycles. The van der Waals surface area contributed by atoms with Gasteiger partial charge in [0.15, 0.2) is 0 Å². The van der Waals surface area contributed by atoms with Gasteiger partial charge in [0.25, 0.3) is 0 Å². The van der Waals surface area contributed by atoms with E-state index in [9.17, 15) is 9.59 Å². The van der Waals surface area contributed by atoms with E-state index in [-0.39, 0.29) is 11.8 Å². The normalized spacial score (nSPS) is 14.4. The number of aryl methyl sites for hydroxylation is 2. The summed E-state index contributed by atoms with van der Waals surface area (Å²) in [7, 11) is 0. The zero-order chi connectivity index (χ0) is 24.8. The average molecular weight is 472 g/mol. The number of aromatic nitrogens is 2. The molecular formula is C28H33N5O2. The van der Waals surface area contributed by atoms with Crippen molar-refractivity contribution in [1.29, 1.82) is 0 Å². The van der Waals surface area contributed by atoms with E-state index in [1.165, 1.54) is 0 Å². The van der Waals surface area contributed by atoms with E-state index in [1.54, 1.807) is 6.08 Å². The minimum absolute atomic E-state index is 0.0164. The summed E-state index contributed by atoms with van der Waals surface area (Å²) in [5.74, 6) is -0.0378. The first kappa shape index (κ1) is 24.4. The Bertz CT molecular complexity index is 1210. The minimum Gasteiger partial charge on any atom is -0.337 e. The lowest BCUT2D eigenvalue weighted by Crippen LogP contribution is -2.50. The molecule has 1 saturated heterocycles. The molecule has 1 aliphatic rings. The molecule has 2 amide bonds. The highest BCUT2D eigenvalue weighted by Gasteiger charge is 2.22. The Labute approximate surface area is 207 Å². The molecule has 0 aliphatic carbocycles. The monoisotopic (exact) mass is 471 g/mol. The molecule has 3 aromatic rings. The third-order valence-electron chi connectivity index (χ3n) is 6.46. The molecule has 0 bridgehead atoms. The van der Waals surface area contributed by atoms with Crippen LogP contribution in [0.4, 0.5) is 5.69 Å². The molecule has 1 N–H and O–H groups in total. The number of hydrogen-bond acceptors (Lipinski definition) is 4. The Morgan fingerprint density at radius 1 is 0.971 bits per heavy atom. The van der Waals surface area contributed by atoms with E-state index >= 15 is 0 Å². The van der Waals surface area contributed by atoms with Gasteiger partial charge in [0.05, 0.1) is 17.9 Å². The van der Waals surface area contributed by atoms with Crippen LogP contribution in [-0.4, -0.2) is 64.1 Å². The van der Waals surface area contributed by atoms with E-state index in [2.05, 4.69) is 22.2 Å². The number of benzene rings is 2. The number of rotatable bonds is 7. The molecule has 7 nitrogen and oxygen atoms in total. The lowest BCUT2D eigenvalue weighted by Gasteiger charge is -2.33. The SMILES string of the molecule is CCc1ccccc1NC(=O)CN1CCN(C(=O)/C=C/c2c(C)nn(-c3ccccc3)c2C)CC1. The molecule has 7 heteroatoms. The van der Waals surface area contributed by atoms with Gasteiger partial charge in [0.1, 0.15) is 0 Å². The summed E-state index contributed by atoms with van der Waals surface area (Å²) in [5, 5.41) is 7.67. The highest BCUT2D eigenvalue weighted by Crippen LogP contribution is 2.19. The van der Waals surface area contributed by atoms with Crippen molar-refractivity contribution in [2.75, 3.05) is 38.0 Å². The first-order chi connectivity index (χ1) is 17.0. The molecule has 2 heterocycles. The molecule has 35 heavy (non-hydrogen) atoms. The van der Waals surface area contributed by atoms with Gasteiger partial charge < -0.3 is 10.2 Å². The predicted octanol–water partition coefficient (Wildman–Crippen LogP) is 3.85. The van der Waals surface area contributed by atoms with Crippen molar-refractivity contribution in [1.82, 2.24) is 19.6 Å². The van der Waals surface area contributed by atoms with Crippen molar-refractivity contribution in [3.63, 3.8) is 0 Å². The second-order valence-corrected chi connectivity index (χ2v) is 8.83. The Kier molecular flexibility index (Phi) is 7.77. The van der Waals surface area contributed by atoms with Crippen LogP contribution in [-0.2, 0) is 16.0 Å². The van der Waals surface area contributed by atoms with Crippen LogP contribution in [0.15, 0.2) is 60.7 Å². The highest BCUT2D eigenvalue weighted by atomic mass is 16.2.